The molecule has 0 bridgehead atoms. The minimum atomic E-state index is -5.08. The summed E-state index contributed by atoms with van der Waals surface area (Å²) in [6.07, 6.45) is -3.79. The molecule has 4 rings (SSSR count). The molecule has 47 heavy (non-hydrogen) atoms. The van der Waals surface area contributed by atoms with Gasteiger partial charge in [0.25, 0.3) is 0 Å². The number of aryl methyl sites for hydroxylation is 2. The highest BCUT2D eigenvalue weighted by Gasteiger charge is 2.39. The summed E-state index contributed by atoms with van der Waals surface area (Å²) < 4.78 is 79.6. The number of carbonyl (C=O) groups is 4. The van der Waals surface area contributed by atoms with Crippen molar-refractivity contribution in [1.29, 1.82) is 0 Å². The Morgan fingerprint density at radius 3 is 2.17 bits per heavy atom. The Balaban J connectivity index is 0.000000459. The first-order chi connectivity index (χ1) is 21.8. The highest BCUT2D eigenvalue weighted by atomic mass is 19.4. The van der Waals surface area contributed by atoms with E-state index in [0.717, 1.165) is 50.2 Å². The van der Waals surface area contributed by atoms with Crippen LogP contribution >= 0.6 is 0 Å². The van der Waals surface area contributed by atoms with Crippen molar-refractivity contribution >= 4 is 29.8 Å². The number of halogens is 6. The summed E-state index contributed by atoms with van der Waals surface area (Å²) in [5, 5.41) is 23.3. The van der Waals surface area contributed by atoms with Crippen molar-refractivity contribution in [3.05, 3.63) is 23.4 Å². The van der Waals surface area contributed by atoms with E-state index in [1.54, 1.807) is 0 Å². The van der Waals surface area contributed by atoms with E-state index < -0.39 is 48.0 Å². The molecule has 1 unspecified atom stereocenters. The third kappa shape index (κ3) is 13.8. The van der Waals surface area contributed by atoms with Gasteiger partial charge in [-0.2, -0.15) is 26.3 Å². The maximum absolute atomic E-state index is 12.1. The van der Waals surface area contributed by atoms with Gasteiger partial charge >= 0.3 is 36.4 Å². The summed E-state index contributed by atoms with van der Waals surface area (Å²) in [5.41, 5.74) is 1.95. The third-order valence-electron chi connectivity index (χ3n) is 7.31. The van der Waals surface area contributed by atoms with E-state index in [1.165, 1.54) is 19.1 Å². The van der Waals surface area contributed by atoms with Crippen LogP contribution in [0.25, 0.3) is 0 Å². The van der Waals surface area contributed by atoms with E-state index in [9.17, 15) is 35.9 Å². The molecule has 1 aromatic heterocycles. The number of aromatic nitrogens is 1. The van der Waals surface area contributed by atoms with Crippen molar-refractivity contribution in [3.8, 4) is 0 Å². The standard InChI is InChI=1S/C24H36N4O5.2C2HF3O2/c1-24(14-25-15-24)33-23(30)28-20(22(29)31-2)9-11-32-19-12-16(13-19)5-7-18-8-6-17-4-3-10-26-21(17)27-18;2*3-2(4,5)1(6)7/h6,8,16,19-20,25H,3-5,7,9-15H2,1-2H3,(H,26,27)(H,28,30);2*(H,6,7). The first-order valence-electron chi connectivity index (χ1n) is 14.6. The van der Waals surface area contributed by atoms with Gasteiger partial charge in [0, 0.05) is 38.4 Å². The van der Waals surface area contributed by atoms with Crippen LogP contribution in [-0.4, -0.2) is 103 Å². The second kappa shape index (κ2) is 17.3. The number of methoxy groups -OCH3 is 1. The number of rotatable bonds is 10. The second-order valence-electron chi connectivity index (χ2n) is 11.3. The molecule has 0 spiro atoms. The number of ether oxygens (including phenoxy) is 3. The highest BCUT2D eigenvalue weighted by Crippen LogP contribution is 2.34. The number of carboxylic acid groups (broad SMARTS) is 2. The lowest BCUT2D eigenvalue weighted by molar-refractivity contribution is -0.193. The number of fused-ring (bicyclic) bond motifs is 1. The molecular formula is C28H38F6N4O9. The average Bonchev–Trinajstić information content (AvgIpc) is 2.95. The van der Waals surface area contributed by atoms with Crippen LogP contribution in [0.4, 0.5) is 37.0 Å². The van der Waals surface area contributed by atoms with Gasteiger partial charge in [0.15, 0.2) is 0 Å². The molecule has 13 nitrogen and oxygen atoms in total. The van der Waals surface area contributed by atoms with E-state index in [0.29, 0.717) is 32.0 Å². The second-order valence-corrected chi connectivity index (χ2v) is 11.3. The molecule has 3 aliphatic rings. The van der Waals surface area contributed by atoms with Gasteiger partial charge in [-0.3, -0.25) is 0 Å². The molecule has 1 atom stereocenters. The molecule has 5 N–H and O–H groups in total. The number of alkyl halides is 6. The van der Waals surface area contributed by atoms with Gasteiger partial charge in [0.1, 0.15) is 17.5 Å². The Morgan fingerprint density at radius 2 is 1.66 bits per heavy atom. The van der Waals surface area contributed by atoms with Gasteiger partial charge in [-0.1, -0.05) is 6.07 Å². The molecule has 266 valence electrons. The van der Waals surface area contributed by atoms with Crippen LogP contribution in [0.5, 0.6) is 0 Å². The first-order valence-corrected chi connectivity index (χ1v) is 14.6. The van der Waals surface area contributed by atoms with Crippen molar-refractivity contribution in [1.82, 2.24) is 15.6 Å². The lowest BCUT2D eigenvalue weighted by atomic mass is 9.79. The Kier molecular flexibility index (Phi) is 14.5. The number of aliphatic carboxylic acids is 2. The molecule has 1 saturated carbocycles. The van der Waals surface area contributed by atoms with E-state index >= 15 is 0 Å². The molecule has 0 radical (unpaired) electrons. The summed E-state index contributed by atoms with van der Waals surface area (Å²) in [6, 6.07) is 3.59. The number of nitrogens with one attached hydrogen (secondary N) is 3. The smallest absolute Gasteiger partial charge is 0.475 e. The van der Waals surface area contributed by atoms with Crippen molar-refractivity contribution in [2.24, 2.45) is 5.92 Å². The van der Waals surface area contributed by atoms with Crippen LogP contribution in [0.3, 0.4) is 0 Å². The highest BCUT2D eigenvalue weighted by molar-refractivity contribution is 5.81. The predicted octanol–water partition coefficient (Wildman–Crippen LogP) is 3.45. The first kappa shape index (κ1) is 39.3. The average molecular weight is 689 g/mol. The predicted molar refractivity (Wildman–Crippen MR) is 151 cm³/mol. The minimum absolute atomic E-state index is 0.207. The van der Waals surface area contributed by atoms with E-state index in [-0.39, 0.29) is 6.10 Å². The fourth-order valence-electron chi connectivity index (χ4n) is 4.59. The van der Waals surface area contributed by atoms with Crippen LogP contribution in [0, 0.1) is 5.92 Å². The number of carboxylic acids is 2. The van der Waals surface area contributed by atoms with Crippen molar-refractivity contribution < 1.29 is 69.9 Å². The zero-order valence-corrected chi connectivity index (χ0v) is 25.6. The number of hydrogen-bond donors (Lipinski definition) is 5. The summed E-state index contributed by atoms with van der Waals surface area (Å²) in [7, 11) is 1.31. The third-order valence-corrected chi connectivity index (χ3v) is 7.31. The van der Waals surface area contributed by atoms with Gasteiger partial charge in [0.05, 0.1) is 13.2 Å². The Bertz CT molecular complexity index is 1200. The molecule has 19 heteroatoms. The van der Waals surface area contributed by atoms with Gasteiger partial charge in [-0.05, 0) is 63.0 Å². The number of nitrogens with zero attached hydrogens (tertiary/aromatic N) is 1. The molecule has 3 heterocycles. The van der Waals surface area contributed by atoms with Crippen molar-refractivity contribution in [2.75, 3.05) is 38.7 Å². The summed E-state index contributed by atoms with van der Waals surface area (Å²) in [5.74, 6) is -4.31. The molecule has 0 aromatic carbocycles. The molecule has 2 fully saturated rings. The number of pyridine rings is 1. The maximum atomic E-state index is 12.1. The Labute approximate surface area is 265 Å². The zero-order valence-electron chi connectivity index (χ0n) is 25.6. The monoisotopic (exact) mass is 688 g/mol. The summed E-state index contributed by atoms with van der Waals surface area (Å²) in [4.78, 5) is 46.8. The fourth-order valence-corrected chi connectivity index (χ4v) is 4.59. The molecule has 2 aliphatic heterocycles. The molecule has 1 aromatic rings. The fraction of sp³-hybridized carbons (Fsp3) is 0.679. The Hall–Kier alpha value is -3.87. The zero-order chi connectivity index (χ0) is 35.4. The van der Waals surface area contributed by atoms with Crippen LogP contribution in [0.1, 0.15) is 50.3 Å². The summed E-state index contributed by atoms with van der Waals surface area (Å²) >= 11 is 0. The molecular weight excluding hydrogens is 650 g/mol. The quantitative estimate of drug-likeness (QED) is 0.178. The van der Waals surface area contributed by atoms with Crippen LogP contribution in [-0.2, 0) is 41.4 Å². The number of carbonyl (C=O) groups excluding carboxylic acids is 2. The number of alkyl carbamates (subject to hydrolysis) is 1. The topological polar surface area (TPSA) is 185 Å². The largest absolute Gasteiger partial charge is 0.490 e. The summed E-state index contributed by atoms with van der Waals surface area (Å²) in [6.45, 7) is 4.46. The number of esters is 1. The van der Waals surface area contributed by atoms with E-state index in [1.807, 2.05) is 6.92 Å². The van der Waals surface area contributed by atoms with Crippen molar-refractivity contribution in [3.63, 3.8) is 0 Å². The number of amides is 1. The Morgan fingerprint density at radius 1 is 1.06 bits per heavy atom. The molecule has 1 saturated heterocycles. The number of hydrogen-bond acceptors (Lipinski definition) is 10. The van der Waals surface area contributed by atoms with Gasteiger partial charge < -0.3 is 40.4 Å². The van der Waals surface area contributed by atoms with Gasteiger partial charge in [-0.15, -0.1) is 0 Å². The van der Waals surface area contributed by atoms with Crippen molar-refractivity contribution in [2.45, 2.75) is 82.0 Å². The van der Waals surface area contributed by atoms with E-state index in [4.69, 9.17) is 39.0 Å². The van der Waals surface area contributed by atoms with E-state index in [2.05, 4.69) is 28.1 Å². The van der Waals surface area contributed by atoms with Gasteiger partial charge in [-0.25, -0.2) is 24.2 Å². The van der Waals surface area contributed by atoms with Crippen LogP contribution in [0.15, 0.2) is 12.1 Å². The minimum Gasteiger partial charge on any atom is -0.475 e. The van der Waals surface area contributed by atoms with Gasteiger partial charge in [0.2, 0.25) is 0 Å². The van der Waals surface area contributed by atoms with Crippen LogP contribution in [0.2, 0.25) is 0 Å². The lowest BCUT2D eigenvalue weighted by Crippen LogP contribution is -2.61. The van der Waals surface area contributed by atoms with Crippen LogP contribution < -0.4 is 16.0 Å². The molecule has 1 aliphatic carbocycles. The molecule has 1 amide bonds. The normalized spacial score (nSPS) is 20.0. The maximum Gasteiger partial charge on any atom is 0.490 e. The lowest BCUT2D eigenvalue weighted by Gasteiger charge is -2.38. The number of anilines is 1. The SMILES string of the molecule is COC(=O)C(CCOC1CC(CCc2ccc3c(n2)NCCC3)C1)NC(=O)OC1(C)CNC1.O=C(O)C(F)(F)F.O=C(O)C(F)(F)F.